The molecule has 0 amide bonds. The van der Waals surface area contributed by atoms with Crippen LogP contribution >= 0.6 is 0 Å². The highest BCUT2D eigenvalue weighted by Gasteiger charge is 2.31. The summed E-state index contributed by atoms with van der Waals surface area (Å²) in [7, 11) is 5.49. The van der Waals surface area contributed by atoms with Crippen molar-refractivity contribution in [3.8, 4) is 0 Å². The van der Waals surface area contributed by atoms with Gasteiger partial charge in [0.05, 0.1) is 34.4 Å². The van der Waals surface area contributed by atoms with Crippen LogP contribution in [0.15, 0.2) is 48.6 Å². The Bertz CT molecular complexity index is 979. The fourth-order valence-corrected chi connectivity index (χ4v) is 5.53. The van der Waals surface area contributed by atoms with Crippen molar-refractivity contribution < 1.29 is 38.2 Å². The highest BCUT2D eigenvalue weighted by Crippen LogP contribution is 2.12. The van der Waals surface area contributed by atoms with E-state index < -0.39 is 18.1 Å². The first-order chi connectivity index (χ1) is 24.6. The van der Waals surface area contributed by atoms with E-state index in [9.17, 15) is 19.5 Å². The zero-order chi connectivity index (χ0) is 37.8. The molecule has 2 unspecified atom stereocenters. The molecule has 0 heterocycles. The third kappa shape index (κ3) is 32.9. The quantitative estimate of drug-likeness (QED) is 0.0301. The predicted molar refractivity (Wildman–Crippen MR) is 211 cm³/mol. The summed E-state index contributed by atoms with van der Waals surface area (Å²) in [5.41, 5.74) is 0. The molecule has 0 aliphatic rings. The molecule has 0 aromatic heterocycles. The number of ether oxygens (including phenoxy) is 3. The standard InChI is InChI=1S/C43H75NO7/c1-6-8-10-12-14-16-18-19-20-21-22-24-25-27-29-31-33-41(45)50-38-39(37-49-36-35-40(43(47)48)44(3,4)5)51-42(46)34-32-30-28-26-23-17-15-13-11-9-7-2/h13,15,17,20-24,39-40H,6-12,14,16,18-19,25-38H2,1-5H3/p+1/b15-13+,21-20+,23-17+,24-22+. The Balaban J connectivity index is 4.46. The molecule has 0 spiro atoms. The summed E-state index contributed by atoms with van der Waals surface area (Å²) in [5, 5.41) is 9.58. The summed E-state index contributed by atoms with van der Waals surface area (Å²) in [5.74, 6) is -1.54. The van der Waals surface area contributed by atoms with Crippen LogP contribution in [0.5, 0.6) is 0 Å². The molecule has 0 rings (SSSR count). The van der Waals surface area contributed by atoms with Crippen molar-refractivity contribution in [3.05, 3.63) is 48.6 Å². The van der Waals surface area contributed by atoms with Gasteiger partial charge in [-0.2, -0.15) is 0 Å². The second kappa shape index (κ2) is 34.4. The molecule has 0 aliphatic heterocycles. The Morgan fingerprint density at radius 3 is 1.53 bits per heavy atom. The van der Waals surface area contributed by atoms with E-state index in [-0.39, 0.29) is 42.7 Å². The first kappa shape index (κ1) is 48.3. The van der Waals surface area contributed by atoms with Crippen LogP contribution in [0.2, 0.25) is 0 Å². The number of carbonyl (C=O) groups is 3. The minimum absolute atomic E-state index is 0.0406. The van der Waals surface area contributed by atoms with Gasteiger partial charge in [-0.05, 0) is 57.8 Å². The van der Waals surface area contributed by atoms with E-state index in [0.717, 1.165) is 64.2 Å². The number of esters is 2. The zero-order valence-electron chi connectivity index (χ0n) is 33.3. The molecule has 0 saturated heterocycles. The number of aliphatic carboxylic acids is 1. The van der Waals surface area contributed by atoms with Gasteiger partial charge in [0.1, 0.15) is 6.61 Å². The summed E-state index contributed by atoms with van der Waals surface area (Å²) in [6.07, 6.45) is 38.7. The van der Waals surface area contributed by atoms with Crippen LogP contribution in [0.3, 0.4) is 0 Å². The van der Waals surface area contributed by atoms with Crippen molar-refractivity contribution in [2.45, 2.75) is 167 Å². The molecule has 0 aliphatic carbocycles. The lowest BCUT2D eigenvalue weighted by Gasteiger charge is -2.31. The summed E-state index contributed by atoms with van der Waals surface area (Å²) in [4.78, 5) is 36.8. The Morgan fingerprint density at radius 1 is 0.588 bits per heavy atom. The number of likely N-dealkylation sites (N-methyl/N-ethyl adjacent to an activating group) is 1. The number of nitrogens with zero attached hydrogens (tertiary/aromatic N) is 1. The lowest BCUT2D eigenvalue weighted by molar-refractivity contribution is -0.887. The molecule has 294 valence electrons. The fraction of sp³-hybridized carbons (Fsp3) is 0.744. The molecule has 0 aromatic rings. The Labute approximate surface area is 312 Å². The average molecular weight is 719 g/mol. The van der Waals surface area contributed by atoms with Gasteiger partial charge in [0.25, 0.3) is 0 Å². The number of rotatable bonds is 35. The minimum Gasteiger partial charge on any atom is -0.477 e. The van der Waals surface area contributed by atoms with E-state index in [1.165, 1.54) is 57.8 Å². The first-order valence-electron chi connectivity index (χ1n) is 20.2. The van der Waals surface area contributed by atoms with E-state index in [0.29, 0.717) is 12.8 Å². The number of allylic oxidation sites excluding steroid dienone is 8. The van der Waals surface area contributed by atoms with Crippen LogP contribution in [0.1, 0.15) is 155 Å². The molecule has 2 atom stereocenters. The number of quaternary nitrogens is 1. The minimum atomic E-state index is -0.885. The number of carboxylic acid groups (broad SMARTS) is 1. The summed E-state index contributed by atoms with van der Waals surface area (Å²) in [6.45, 7) is 4.60. The summed E-state index contributed by atoms with van der Waals surface area (Å²) < 4.78 is 17.1. The van der Waals surface area contributed by atoms with Crippen LogP contribution in [0.25, 0.3) is 0 Å². The zero-order valence-corrected chi connectivity index (χ0v) is 33.3. The Morgan fingerprint density at radius 2 is 1.04 bits per heavy atom. The van der Waals surface area contributed by atoms with Gasteiger partial charge in [0.2, 0.25) is 0 Å². The smallest absolute Gasteiger partial charge is 0.362 e. The SMILES string of the molecule is CCCC/C=C/C=C/CCCCCC(=O)OC(COCCC(C(=O)O)[N+](C)(C)C)COC(=O)CCCCC/C=C/C=C/CCCCCCCCC. The topological polar surface area (TPSA) is 99.1 Å². The monoisotopic (exact) mass is 719 g/mol. The van der Waals surface area contributed by atoms with Crippen LogP contribution in [-0.4, -0.2) is 80.6 Å². The summed E-state index contributed by atoms with van der Waals surface area (Å²) >= 11 is 0. The third-order valence-corrected chi connectivity index (χ3v) is 8.76. The van der Waals surface area contributed by atoms with Crippen LogP contribution < -0.4 is 0 Å². The van der Waals surface area contributed by atoms with E-state index in [2.05, 4.69) is 62.5 Å². The molecule has 0 fully saturated rings. The van der Waals surface area contributed by atoms with Gasteiger partial charge in [-0.3, -0.25) is 9.59 Å². The molecule has 0 bridgehead atoms. The van der Waals surface area contributed by atoms with E-state index >= 15 is 0 Å². The highest BCUT2D eigenvalue weighted by molar-refractivity contribution is 5.72. The maximum atomic E-state index is 12.6. The first-order valence-corrected chi connectivity index (χ1v) is 20.2. The number of hydrogen-bond acceptors (Lipinski definition) is 6. The van der Waals surface area contributed by atoms with Gasteiger partial charge in [0.15, 0.2) is 12.1 Å². The maximum Gasteiger partial charge on any atom is 0.362 e. The number of unbranched alkanes of at least 4 members (excludes halogenated alkanes) is 15. The van der Waals surface area contributed by atoms with Crippen LogP contribution in [-0.2, 0) is 28.6 Å². The second-order valence-electron chi connectivity index (χ2n) is 14.6. The largest absolute Gasteiger partial charge is 0.477 e. The van der Waals surface area contributed by atoms with Crippen LogP contribution in [0.4, 0.5) is 0 Å². The second-order valence-corrected chi connectivity index (χ2v) is 14.6. The van der Waals surface area contributed by atoms with Gasteiger partial charge in [-0.1, -0.05) is 127 Å². The highest BCUT2D eigenvalue weighted by atomic mass is 16.6. The van der Waals surface area contributed by atoms with Crippen molar-refractivity contribution in [1.82, 2.24) is 0 Å². The third-order valence-electron chi connectivity index (χ3n) is 8.76. The molecule has 1 N–H and O–H groups in total. The van der Waals surface area contributed by atoms with Crippen molar-refractivity contribution in [2.24, 2.45) is 0 Å². The maximum absolute atomic E-state index is 12.6. The van der Waals surface area contributed by atoms with Crippen molar-refractivity contribution in [3.63, 3.8) is 0 Å². The van der Waals surface area contributed by atoms with E-state index in [4.69, 9.17) is 14.2 Å². The van der Waals surface area contributed by atoms with Gasteiger partial charge >= 0.3 is 17.9 Å². The molecule has 0 aromatic carbocycles. The predicted octanol–water partition coefficient (Wildman–Crippen LogP) is 10.5. The number of carboxylic acids is 1. The molecule has 0 saturated carbocycles. The average Bonchev–Trinajstić information content (AvgIpc) is 3.08. The van der Waals surface area contributed by atoms with Crippen molar-refractivity contribution >= 4 is 17.9 Å². The lowest BCUT2D eigenvalue weighted by atomic mass is 10.1. The van der Waals surface area contributed by atoms with E-state index in [1.807, 2.05) is 21.1 Å². The molecule has 0 radical (unpaired) electrons. The summed E-state index contributed by atoms with van der Waals surface area (Å²) in [6, 6.07) is -0.623. The normalized spacial score (nSPS) is 13.5. The fourth-order valence-electron chi connectivity index (χ4n) is 5.53. The Kier molecular flexibility index (Phi) is 32.6. The molecular formula is C43H76NO7+. The molecule has 8 heteroatoms. The van der Waals surface area contributed by atoms with Gasteiger partial charge in [-0.15, -0.1) is 0 Å². The molecular weight excluding hydrogens is 642 g/mol. The van der Waals surface area contributed by atoms with Gasteiger partial charge in [-0.25, -0.2) is 4.79 Å². The Hall–Kier alpha value is -2.71. The van der Waals surface area contributed by atoms with Crippen molar-refractivity contribution in [2.75, 3.05) is 41.0 Å². The molecule has 51 heavy (non-hydrogen) atoms. The number of hydrogen-bond donors (Lipinski definition) is 1. The molecule has 8 nitrogen and oxygen atoms in total. The van der Waals surface area contributed by atoms with E-state index in [1.54, 1.807) is 0 Å². The van der Waals surface area contributed by atoms with Gasteiger partial charge in [0, 0.05) is 19.3 Å². The van der Waals surface area contributed by atoms with Crippen LogP contribution in [0, 0.1) is 0 Å². The van der Waals surface area contributed by atoms with Gasteiger partial charge < -0.3 is 23.8 Å². The van der Waals surface area contributed by atoms with Crippen molar-refractivity contribution in [1.29, 1.82) is 0 Å². The lowest BCUT2D eigenvalue weighted by Crippen LogP contribution is -2.50. The number of carbonyl (C=O) groups excluding carboxylic acids is 2.